The van der Waals surface area contributed by atoms with Crippen LogP contribution in [0.25, 0.3) is 0 Å². The maximum absolute atomic E-state index is 13.8. The van der Waals surface area contributed by atoms with E-state index in [4.69, 9.17) is 0 Å². The summed E-state index contributed by atoms with van der Waals surface area (Å²) in [6.45, 7) is -3.41. The van der Waals surface area contributed by atoms with E-state index < -0.39 is 134 Å². The predicted molar refractivity (Wildman–Crippen MR) is 178 cm³/mol. The van der Waals surface area contributed by atoms with E-state index >= 15 is 0 Å². The lowest BCUT2D eigenvalue weighted by Crippen LogP contribution is -2.76. The standard InChI is InChI=1S/C17H37N3O26P8/c1-3-18(14(47(23,24)25)48(26,27)28)16(51(35,36)37,52(38,39)40)20(12(13(21)22)10-11-8-6-5-7-9-11)17(53(41,42)43,54(44,45)46)19(4-2)15(49(29,30)31)50(32,33)34/h5-9,12,14-15H,3-4,10H2,1-2H3,(H,21,22)(H2,23,24,25)(H2,26,27,28)(H2,29,30,31)(H2,32,33,34)(H2,35,36,37)(H2,38,39,40)(H2,41,42,43)(H2,44,45,46)/t12-/m0/s1. The van der Waals surface area contributed by atoms with E-state index in [0.29, 0.717) is 13.8 Å². The Morgan fingerprint density at radius 2 is 0.796 bits per heavy atom. The zero-order valence-electron chi connectivity index (χ0n) is 26.9. The van der Waals surface area contributed by atoms with Gasteiger partial charge in [0.1, 0.15) is 6.04 Å². The van der Waals surface area contributed by atoms with Gasteiger partial charge in [0.25, 0.3) is 10.3 Å². The van der Waals surface area contributed by atoms with Gasteiger partial charge in [0.2, 0.25) is 11.0 Å². The SMILES string of the molecule is CCN(C(P(=O)(O)O)P(=O)(O)O)C(N([C@@H](Cc1ccccc1)C(=O)O)C(N(CC)C(P(=O)(O)O)P(=O)(O)O)(P(=O)(O)O)P(=O)(O)O)(P(=O)(O)O)P(=O)(O)O. The molecule has 0 saturated heterocycles. The fourth-order valence-corrected chi connectivity index (χ4v) is 20.1. The van der Waals surface area contributed by atoms with Gasteiger partial charge < -0.3 is 83.4 Å². The molecule has 29 nitrogen and oxygen atoms in total. The Labute approximate surface area is 302 Å². The fraction of sp³-hybridized carbons (Fsp3) is 0.588. The summed E-state index contributed by atoms with van der Waals surface area (Å²) < 4.78 is 106. The Bertz CT molecular complexity index is 1720. The summed E-state index contributed by atoms with van der Waals surface area (Å²) >= 11 is 0. The molecule has 0 aliphatic heterocycles. The lowest BCUT2D eigenvalue weighted by molar-refractivity contribution is -0.153. The largest absolute Gasteiger partial charge is 0.480 e. The second-order valence-electron chi connectivity index (χ2n) is 10.9. The Morgan fingerprint density at radius 3 is 0.981 bits per heavy atom. The molecule has 0 spiro atoms. The fourth-order valence-electron chi connectivity index (χ4n) is 5.77. The topological polar surface area (TPSA) is 507 Å². The van der Waals surface area contributed by atoms with E-state index in [9.17, 15) is 125 Å². The second kappa shape index (κ2) is 16.8. The van der Waals surface area contributed by atoms with Crippen LogP contribution >= 0.6 is 60.8 Å². The normalized spacial score (nSPS) is 15.8. The van der Waals surface area contributed by atoms with Crippen molar-refractivity contribution < 1.29 is 125 Å². The number of hydrogen-bond acceptors (Lipinski definition) is 12. The van der Waals surface area contributed by atoms with Crippen molar-refractivity contribution >= 4 is 66.7 Å². The van der Waals surface area contributed by atoms with E-state index in [0.717, 1.165) is 24.3 Å². The smallest absolute Gasteiger partial charge is 0.373 e. The number of rotatable bonds is 20. The molecule has 0 saturated carbocycles. The Balaban J connectivity index is 5.54. The van der Waals surface area contributed by atoms with Crippen LogP contribution in [-0.4, -0.2) is 145 Å². The molecule has 0 aromatic heterocycles. The van der Waals surface area contributed by atoms with Crippen molar-refractivity contribution in [3.8, 4) is 0 Å². The monoisotopic (exact) mass is 947 g/mol. The highest BCUT2D eigenvalue weighted by Gasteiger charge is 2.84. The number of aliphatic carboxylic acids is 1. The van der Waals surface area contributed by atoms with Gasteiger partial charge in [-0.1, -0.05) is 44.2 Å². The maximum Gasteiger partial charge on any atom is 0.373 e. The molecule has 0 heterocycles. The van der Waals surface area contributed by atoms with Gasteiger partial charge in [0.15, 0.2) is 0 Å². The van der Waals surface area contributed by atoms with Crippen molar-refractivity contribution in [2.45, 2.75) is 47.6 Å². The first-order valence-electron chi connectivity index (χ1n) is 13.7. The number of benzene rings is 1. The van der Waals surface area contributed by atoms with Gasteiger partial charge in [-0.3, -0.25) is 41.3 Å². The second-order valence-corrected chi connectivity index (χ2v) is 25.9. The summed E-state index contributed by atoms with van der Waals surface area (Å²) in [5, 5.41) is -1.39. The number of nitrogens with zero attached hydrogens (tertiary/aromatic N) is 3. The van der Waals surface area contributed by atoms with E-state index in [2.05, 4.69) is 0 Å². The highest BCUT2D eigenvalue weighted by molar-refractivity contribution is 7.75. The third kappa shape index (κ3) is 9.96. The molecule has 1 atom stereocenters. The lowest BCUT2D eigenvalue weighted by Gasteiger charge is -2.60. The van der Waals surface area contributed by atoms with Crippen molar-refractivity contribution in [2.75, 3.05) is 13.1 Å². The van der Waals surface area contributed by atoms with Crippen LogP contribution in [0.1, 0.15) is 19.4 Å². The van der Waals surface area contributed by atoms with Crippen LogP contribution in [0.15, 0.2) is 30.3 Å². The van der Waals surface area contributed by atoms with Gasteiger partial charge in [-0.05, 0) is 25.1 Å². The molecule has 0 fully saturated rings. The lowest BCUT2D eigenvalue weighted by atomic mass is 10.0. The van der Waals surface area contributed by atoms with Gasteiger partial charge in [-0.25, -0.2) is 14.7 Å². The number of carboxylic acid groups (broad SMARTS) is 1. The molecule has 54 heavy (non-hydrogen) atoms. The van der Waals surface area contributed by atoms with Crippen molar-refractivity contribution in [1.82, 2.24) is 14.7 Å². The van der Waals surface area contributed by atoms with Gasteiger partial charge in [0.05, 0.1) is 0 Å². The molecule has 0 aliphatic carbocycles. The molecule has 1 rings (SSSR count). The molecule has 1 aromatic rings. The number of hydrogen-bond donors (Lipinski definition) is 17. The summed E-state index contributed by atoms with van der Waals surface area (Å²) in [6.07, 6.45) is -1.76. The van der Waals surface area contributed by atoms with E-state index in [1.165, 1.54) is 6.07 Å². The molecular weight excluding hydrogens is 910 g/mol. The zero-order chi connectivity index (χ0) is 43.3. The van der Waals surface area contributed by atoms with E-state index in [1.54, 1.807) is 0 Å². The summed E-state index contributed by atoms with van der Waals surface area (Å²) in [6, 6.07) is 1.10. The molecule has 17 N–H and O–H groups in total. The number of carbonyl (C=O) groups is 1. The van der Waals surface area contributed by atoms with Gasteiger partial charge in [-0.2, -0.15) is 0 Å². The minimum absolute atomic E-state index is 0.311. The summed E-state index contributed by atoms with van der Waals surface area (Å²) in [5.41, 5.74) is -9.33. The summed E-state index contributed by atoms with van der Waals surface area (Å²) in [5.74, 6) is -2.92. The zero-order valence-corrected chi connectivity index (χ0v) is 34.1. The summed E-state index contributed by atoms with van der Waals surface area (Å²) in [4.78, 5) is 177. The third-order valence-electron chi connectivity index (χ3n) is 7.29. The molecule has 0 amide bonds. The first-order valence-corrected chi connectivity index (χ1v) is 26.9. The average molecular weight is 947 g/mol. The van der Waals surface area contributed by atoms with E-state index in [1.807, 2.05) is 0 Å². The highest BCUT2D eigenvalue weighted by atomic mass is 31.3. The van der Waals surface area contributed by atoms with Gasteiger partial charge in [0, 0.05) is 0 Å². The van der Waals surface area contributed by atoms with Crippen molar-refractivity contribution in [2.24, 2.45) is 0 Å². The third-order valence-corrected chi connectivity index (χ3v) is 22.6. The van der Waals surface area contributed by atoms with Crippen molar-refractivity contribution in [1.29, 1.82) is 0 Å². The maximum atomic E-state index is 13.8. The number of carboxylic acids is 1. The van der Waals surface area contributed by atoms with Crippen LogP contribution in [0.3, 0.4) is 0 Å². The Morgan fingerprint density at radius 1 is 0.537 bits per heavy atom. The molecule has 37 heteroatoms. The predicted octanol–water partition coefficient (Wildman–Crippen LogP) is -2.16. The van der Waals surface area contributed by atoms with E-state index in [-0.39, 0.29) is 0 Å². The molecule has 0 radical (unpaired) electrons. The first-order chi connectivity index (χ1) is 23.7. The summed E-state index contributed by atoms with van der Waals surface area (Å²) in [7, 11) is -59.4. The Hall–Kier alpha value is -0.230. The Kier molecular flexibility index (Phi) is 16.1. The minimum atomic E-state index is -7.91. The minimum Gasteiger partial charge on any atom is -0.480 e. The molecule has 0 unspecified atom stereocenters. The molecule has 1 aromatic carbocycles. The molecule has 316 valence electrons. The van der Waals surface area contributed by atoms with Crippen molar-refractivity contribution in [3.63, 3.8) is 0 Å². The quantitative estimate of drug-likeness (QED) is 0.0489. The van der Waals surface area contributed by atoms with Crippen LogP contribution < -0.4 is 0 Å². The molecule has 0 bridgehead atoms. The molecular formula is C17H37N3O26P8. The van der Waals surface area contributed by atoms with Crippen molar-refractivity contribution in [3.05, 3.63) is 35.9 Å². The van der Waals surface area contributed by atoms with Crippen LogP contribution in [0.4, 0.5) is 0 Å². The average Bonchev–Trinajstić information content (AvgIpc) is 2.88. The van der Waals surface area contributed by atoms with Crippen LogP contribution in [0.5, 0.6) is 0 Å². The van der Waals surface area contributed by atoms with Crippen LogP contribution in [0.2, 0.25) is 0 Å². The molecule has 0 aliphatic rings. The van der Waals surface area contributed by atoms with Crippen LogP contribution in [0, 0.1) is 0 Å². The van der Waals surface area contributed by atoms with Gasteiger partial charge >= 0.3 is 66.7 Å². The van der Waals surface area contributed by atoms with Crippen LogP contribution in [-0.2, 0) is 47.7 Å². The highest BCUT2D eigenvalue weighted by Crippen LogP contribution is 2.84. The first kappa shape index (κ1) is 51.8. The van der Waals surface area contributed by atoms with Gasteiger partial charge in [-0.15, -0.1) is 0 Å².